The number of para-hydroxylation sites is 1. The van der Waals surface area contributed by atoms with Crippen molar-refractivity contribution in [1.82, 2.24) is 9.66 Å². The van der Waals surface area contributed by atoms with E-state index in [0.717, 1.165) is 0 Å². The van der Waals surface area contributed by atoms with E-state index in [0.29, 0.717) is 23.0 Å². The lowest BCUT2D eigenvalue weighted by molar-refractivity contribution is 0.478. The molecule has 0 bridgehead atoms. The van der Waals surface area contributed by atoms with Crippen LogP contribution in [0.15, 0.2) is 54.9 Å². The molecule has 11 nitrogen and oxygen atoms in total. The molecule has 0 atom stereocenters. The Morgan fingerprint density at radius 2 is 2.00 bits per heavy atom. The van der Waals surface area contributed by atoms with Crippen molar-refractivity contribution in [3.05, 3.63) is 58.2 Å². The summed E-state index contributed by atoms with van der Waals surface area (Å²) in [7, 11) is -3.80. The van der Waals surface area contributed by atoms with Gasteiger partial charge in [0.2, 0.25) is 5.89 Å². The van der Waals surface area contributed by atoms with Crippen molar-refractivity contribution in [3.63, 3.8) is 0 Å². The van der Waals surface area contributed by atoms with E-state index in [2.05, 4.69) is 20.1 Å². The Hall–Kier alpha value is -3.58. The minimum Gasteiger partial charge on any atom is -0.506 e. The maximum atomic E-state index is 13.5. The normalized spacial score (nSPS) is 15.8. The fourth-order valence-electron chi connectivity index (χ4n) is 3.88. The highest BCUT2D eigenvalue weighted by atomic mass is 32.3. The van der Waals surface area contributed by atoms with Gasteiger partial charge in [-0.3, -0.25) is 13.9 Å². The molecule has 0 radical (unpaired) electrons. The van der Waals surface area contributed by atoms with Crippen LogP contribution in [-0.4, -0.2) is 36.3 Å². The van der Waals surface area contributed by atoms with E-state index in [1.165, 1.54) is 4.68 Å². The molecular weight excluding hydrogens is 460 g/mol. The maximum absolute atomic E-state index is 13.5. The van der Waals surface area contributed by atoms with Gasteiger partial charge in [-0.25, -0.2) is 9.66 Å². The molecule has 1 aliphatic rings. The van der Waals surface area contributed by atoms with E-state index in [1.54, 1.807) is 36.4 Å². The Balaban J connectivity index is 1.72. The second kappa shape index (κ2) is 8.02. The summed E-state index contributed by atoms with van der Waals surface area (Å²) in [6.07, 6.45) is 0. The predicted molar refractivity (Wildman–Crippen MR) is 132 cm³/mol. The van der Waals surface area contributed by atoms with Crippen molar-refractivity contribution in [2.24, 2.45) is 16.0 Å². The molecule has 1 aliphatic heterocycles. The third-order valence-corrected chi connectivity index (χ3v) is 6.83. The fraction of sp³-hybridized carbons (Fsp3) is 0.227. The Kier molecular flexibility index (Phi) is 5.24. The number of oxazole rings is 1. The van der Waals surface area contributed by atoms with Crippen molar-refractivity contribution in [1.29, 1.82) is 0 Å². The van der Waals surface area contributed by atoms with Crippen LogP contribution < -0.4 is 22.0 Å². The molecule has 2 aromatic heterocycles. The molecule has 5 rings (SSSR count). The van der Waals surface area contributed by atoms with E-state index < -0.39 is 16.3 Å². The topological polar surface area (TPSA) is 171 Å². The maximum Gasteiger partial charge on any atom is 0.284 e. The number of anilines is 1. The van der Waals surface area contributed by atoms with Gasteiger partial charge in [0.05, 0.1) is 17.7 Å². The number of rotatable bonds is 5. The summed E-state index contributed by atoms with van der Waals surface area (Å²) in [4.78, 5) is 17.8. The van der Waals surface area contributed by atoms with Crippen molar-refractivity contribution in [2.75, 3.05) is 17.3 Å². The molecule has 0 unspecified atom stereocenters. The number of hydrogen-bond donors (Lipinski definition) is 6. The summed E-state index contributed by atoms with van der Waals surface area (Å²) in [5.74, 6) is -0.00127. The number of benzene rings is 2. The Labute approximate surface area is 195 Å². The van der Waals surface area contributed by atoms with Crippen LogP contribution in [0.3, 0.4) is 0 Å². The number of nitrogens with zero attached hydrogens (tertiary/aromatic N) is 3. The van der Waals surface area contributed by atoms with Crippen LogP contribution >= 0.6 is 10.8 Å². The predicted octanol–water partition coefficient (Wildman–Crippen LogP) is 3.40. The van der Waals surface area contributed by atoms with E-state index in [1.807, 2.05) is 13.8 Å². The highest BCUT2D eigenvalue weighted by molar-refractivity contribution is 8.23. The van der Waals surface area contributed by atoms with E-state index >= 15 is 0 Å². The first-order valence-electron chi connectivity index (χ1n) is 10.6. The van der Waals surface area contributed by atoms with Crippen LogP contribution in [0, 0.1) is 5.92 Å². The minimum absolute atomic E-state index is 0.0377. The summed E-state index contributed by atoms with van der Waals surface area (Å²) in [6, 6.07) is 10.1. The zero-order valence-electron chi connectivity index (χ0n) is 18.4. The standard InChI is InChI=1S/C22H24N6O5S/c1-11(2)10-24-28-14-6-4-3-5-12(14)19(29)17(22(28)30)21-25-13-7-8-15-18(26-16(9-23)33-15)20(13)34(31,32)27-21/h3-8,11,24,29,31-32H,9-10,23H2,1-2H3,(H,25,27). The molecule has 0 saturated carbocycles. The van der Waals surface area contributed by atoms with Gasteiger partial charge in [-0.2, -0.15) is 0 Å². The van der Waals surface area contributed by atoms with Gasteiger partial charge in [0.15, 0.2) is 11.4 Å². The summed E-state index contributed by atoms with van der Waals surface area (Å²) >= 11 is 0. The lowest BCUT2D eigenvalue weighted by Crippen LogP contribution is -2.37. The molecule has 0 saturated heterocycles. The van der Waals surface area contributed by atoms with E-state index in [9.17, 15) is 19.0 Å². The highest BCUT2D eigenvalue weighted by Gasteiger charge is 2.33. The molecule has 0 amide bonds. The Bertz CT molecular complexity index is 1520. The number of hydrogen-bond acceptors (Lipinski definition) is 10. The van der Waals surface area contributed by atoms with Crippen LogP contribution in [0.2, 0.25) is 0 Å². The molecule has 2 aromatic carbocycles. The second-order valence-corrected chi connectivity index (χ2v) is 9.95. The first-order valence-corrected chi connectivity index (χ1v) is 12.1. The van der Waals surface area contributed by atoms with Crippen LogP contribution in [0.1, 0.15) is 25.3 Å². The lowest BCUT2D eigenvalue weighted by Gasteiger charge is -2.34. The van der Waals surface area contributed by atoms with Gasteiger partial charge in [-0.15, -0.1) is 4.40 Å². The smallest absolute Gasteiger partial charge is 0.284 e. The zero-order chi connectivity index (χ0) is 24.2. The summed E-state index contributed by atoms with van der Waals surface area (Å²) in [6.45, 7) is 4.54. The molecule has 34 heavy (non-hydrogen) atoms. The van der Waals surface area contributed by atoms with Crippen molar-refractivity contribution in [3.8, 4) is 5.75 Å². The molecule has 12 heteroatoms. The van der Waals surface area contributed by atoms with Crippen LogP contribution in [0.5, 0.6) is 5.75 Å². The molecular formula is C22H24N6O5S. The monoisotopic (exact) mass is 484 g/mol. The van der Waals surface area contributed by atoms with Gasteiger partial charge in [-0.05, 0) is 30.2 Å². The second-order valence-electron chi connectivity index (χ2n) is 8.32. The van der Waals surface area contributed by atoms with Crippen molar-refractivity contribution in [2.45, 2.75) is 25.3 Å². The number of aromatic nitrogens is 2. The van der Waals surface area contributed by atoms with E-state index in [4.69, 9.17) is 10.2 Å². The molecule has 0 spiro atoms. The summed E-state index contributed by atoms with van der Waals surface area (Å²) in [5.41, 5.74) is 9.22. The van der Waals surface area contributed by atoms with Gasteiger partial charge >= 0.3 is 0 Å². The van der Waals surface area contributed by atoms with E-state index in [-0.39, 0.29) is 51.6 Å². The molecule has 178 valence electrons. The molecule has 3 heterocycles. The highest BCUT2D eigenvalue weighted by Crippen LogP contribution is 2.58. The van der Waals surface area contributed by atoms with Crippen LogP contribution in [-0.2, 0) is 6.54 Å². The van der Waals surface area contributed by atoms with Gasteiger partial charge in [0, 0.05) is 11.9 Å². The molecule has 0 aliphatic carbocycles. The summed E-state index contributed by atoms with van der Waals surface area (Å²) in [5, 5.41) is 14.4. The minimum atomic E-state index is -3.80. The van der Waals surface area contributed by atoms with Crippen LogP contribution in [0.25, 0.3) is 22.0 Å². The quantitative estimate of drug-likeness (QED) is 0.248. The van der Waals surface area contributed by atoms with Gasteiger partial charge in [0.25, 0.3) is 5.56 Å². The van der Waals surface area contributed by atoms with Crippen molar-refractivity contribution >= 4 is 44.3 Å². The zero-order valence-corrected chi connectivity index (χ0v) is 19.3. The lowest BCUT2D eigenvalue weighted by atomic mass is 10.1. The SMILES string of the molecule is CC(C)CNn1c(=O)c(C2=NS(O)(O)c3c(ccc4oc(CN)nc34)N2)c(O)c2ccccc21. The average molecular weight is 485 g/mol. The fourth-order valence-corrected chi connectivity index (χ4v) is 5.18. The largest absolute Gasteiger partial charge is 0.506 e. The number of amidine groups is 1. The third kappa shape index (κ3) is 3.47. The number of fused-ring (bicyclic) bond motifs is 4. The van der Waals surface area contributed by atoms with Gasteiger partial charge in [0.1, 0.15) is 21.7 Å². The molecule has 0 fully saturated rings. The first-order chi connectivity index (χ1) is 16.2. The molecule has 7 N–H and O–H groups in total. The number of aromatic hydroxyl groups is 1. The molecule has 4 aromatic rings. The number of nitrogens with two attached hydrogens (primary N) is 1. The number of nitrogens with one attached hydrogen (secondary N) is 2. The Morgan fingerprint density at radius 3 is 2.74 bits per heavy atom. The summed E-state index contributed by atoms with van der Waals surface area (Å²) < 4.78 is 32.9. The first kappa shape index (κ1) is 22.2. The van der Waals surface area contributed by atoms with Crippen molar-refractivity contribution < 1.29 is 18.6 Å². The number of pyridine rings is 1. The third-order valence-electron chi connectivity index (χ3n) is 5.43. The average Bonchev–Trinajstić information content (AvgIpc) is 3.21. The van der Waals surface area contributed by atoms with Gasteiger partial charge < -0.3 is 26.0 Å². The van der Waals surface area contributed by atoms with Gasteiger partial charge in [-0.1, -0.05) is 36.8 Å². The van der Waals surface area contributed by atoms with Crippen LogP contribution in [0.4, 0.5) is 5.69 Å². The Morgan fingerprint density at radius 1 is 1.24 bits per heavy atom.